The molecule has 0 aliphatic carbocycles. The Hall–Kier alpha value is -1.68. The van der Waals surface area contributed by atoms with Crippen molar-refractivity contribution in [2.45, 2.75) is 82.8 Å². The summed E-state index contributed by atoms with van der Waals surface area (Å²) < 4.78 is 35.6. The molecule has 0 radical (unpaired) electrons. The van der Waals surface area contributed by atoms with E-state index in [1.165, 1.54) is 38.5 Å². The number of ether oxygens (including phenoxy) is 1. The molecule has 0 bridgehead atoms. The third kappa shape index (κ3) is 14.4. The van der Waals surface area contributed by atoms with Gasteiger partial charge in [-0.25, -0.2) is 0 Å². The Bertz CT molecular complexity index is 576. The normalized spacial score (nSPS) is 12.4. The van der Waals surface area contributed by atoms with Crippen LogP contribution in [0, 0.1) is 0 Å². The number of esters is 1. The zero-order valence-electron chi connectivity index (χ0n) is 16.5. The van der Waals surface area contributed by atoms with E-state index in [4.69, 9.17) is 9.66 Å². The fourth-order valence-corrected chi connectivity index (χ4v) is 3.25. The number of amides is 1. The fraction of sp³-hybridized carbons (Fsp3) is 0.833. The molecule has 3 N–H and O–H groups in total. The van der Waals surface area contributed by atoms with Gasteiger partial charge in [0.15, 0.2) is 5.25 Å². The number of nitrogens with one attached hydrogen (secondary N) is 1. The van der Waals surface area contributed by atoms with Crippen LogP contribution in [0.4, 0.5) is 0 Å². The van der Waals surface area contributed by atoms with Crippen molar-refractivity contribution in [2.24, 2.45) is 0 Å². The van der Waals surface area contributed by atoms with Crippen LogP contribution >= 0.6 is 0 Å². The van der Waals surface area contributed by atoms with Gasteiger partial charge in [-0.05, 0) is 6.42 Å². The molecule has 1 amide bonds. The van der Waals surface area contributed by atoms with Crippen LogP contribution in [0.15, 0.2) is 0 Å². The number of aliphatic carboxylic acids is 1. The van der Waals surface area contributed by atoms with Gasteiger partial charge in [0.25, 0.3) is 10.1 Å². The zero-order chi connectivity index (χ0) is 21.4. The molecule has 0 aromatic carbocycles. The van der Waals surface area contributed by atoms with Gasteiger partial charge in [-0.3, -0.25) is 18.9 Å². The van der Waals surface area contributed by atoms with Crippen LogP contribution in [0.5, 0.6) is 0 Å². The maximum absolute atomic E-state index is 11.7. The van der Waals surface area contributed by atoms with Crippen LogP contribution in [0.3, 0.4) is 0 Å². The molecule has 0 aliphatic rings. The van der Waals surface area contributed by atoms with Gasteiger partial charge in [-0.2, -0.15) is 8.42 Å². The maximum atomic E-state index is 11.7. The van der Waals surface area contributed by atoms with Gasteiger partial charge in [0.1, 0.15) is 6.61 Å². The summed E-state index contributed by atoms with van der Waals surface area (Å²) in [6.07, 6.45) is 9.56. The molecule has 0 unspecified atom stereocenters. The van der Waals surface area contributed by atoms with E-state index in [-0.39, 0.29) is 19.1 Å². The third-order valence-corrected chi connectivity index (χ3v) is 5.24. The number of carbonyl (C=O) groups excluding carboxylic acids is 2. The lowest BCUT2D eigenvalue weighted by molar-refractivity contribution is -0.147. The summed E-state index contributed by atoms with van der Waals surface area (Å²) in [6.45, 7) is 1.85. The quantitative estimate of drug-likeness (QED) is 0.183. The Morgan fingerprint density at radius 3 is 2.00 bits per heavy atom. The van der Waals surface area contributed by atoms with Crippen molar-refractivity contribution >= 4 is 28.0 Å². The van der Waals surface area contributed by atoms with Crippen LogP contribution in [0.2, 0.25) is 0 Å². The SMILES string of the molecule is CCCCCCCCCCCC(=O)NCCOC(=O)[C@H](CC(=O)O)S(=O)(=O)O. The summed E-state index contributed by atoms with van der Waals surface area (Å²) >= 11 is 0. The first-order valence-electron chi connectivity index (χ1n) is 9.80. The second-order valence-electron chi connectivity index (χ2n) is 6.70. The van der Waals surface area contributed by atoms with E-state index >= 15 is 0 Å². The summed E-state index contributed by atoms with van der Waals surface area (Å²) in [7, 11) is -4.88. The first kappa shape index (κ1) is 26.3. The van der Waals surface area contributed by atoms with Crippen LogP contribution in [-0.2, 0) is 29.2 Å². The highest BCUT2D eigenvalue weighted by Crippen LogP contribution is 2.10. The molecule has 1 atom stereocenters. The zero-order valence-corrected chi connectivity index (χ0v) is 17.3. The first-order valence-corrected chi connectivity index (χ1v) is 11.3. The summed E-state index contributed by atoms with van der Waals surface area (Å²) in [5.74, 6) is -3.12. The second kappa shape index (κ2) is 15.3. The number of carboxylic acid groups (broad SMARTS) is 1. The average Bonchev–Trinajstić information content (AvgIpc) is 2.60. The lowest BCUT2D eigenvalue weighted by atomic mass is 10.1. The van der Waals surface area contributed by atoms with E-state index in [2.05, 4.69) is 17.0 Å². The number of carbonyl (C=O) groups is 3. The van der Waals surface area contributed by atoms with E-state index in [0.29, 0.717) is 6.42 Å². The Morgan fingerprint density at radius 2 is 1.50 bits per heavy atom. The smallest absolute Gasteiger partial charge is 0.327 e. The molecule has 0 aromatic rings. The molecular weight excluding hydrogens is 390 g/mol. The highest BCUT2D eigenvalue weighted by atomic mass is 32.2. The van der Waals surface area contributed by atoms with Gasteiger partial charge in [-0.1, -0.05) is 58.3 Å². The molecule has 0 spiro atoms. The minimum atomic E-state index is -4.88. The topological polar surface area (TPSA) is 147 Å². The molecule has 0 aliphatic heterocycles. The molecule has 0 fully saturated rings. The molecule has 164 valence electrons. The van der Waals surface area contributed by atoms with Crippen LogP contribution in [0.1, 0.15) is 77.6 Å². The lowest BCUT2D eigenvalue weighted by Crippen LogP contribution is -2.36. The molecule has 9 nitrogen and oxygen atoms in total. The van der Waals surface area contributed by atoms with Crippen molar-refractivity contribution in [1.82, 2.24) is 5.32 Å². The highest BCUT2D eigenvalue weighted by Gasteiger charge is 2.34. The number of hydrogen-bond acceptors (Lipinski definition) is 6. The van der Waals surface area contributed by atoms with E-state index in [0.717, 1.165) is 19.3 Å². The maximum Gasteiger partial charge on any atom is 0.327 e. The summed E-state index contributed by atoms with van der Waals surface area (Å²) in [6, 6.07) is 0. The minimum Gasteiger partial charge on any atom is -0.481 e. The molecule has 10 heteroatoms. The Morgan fingerprint density at radius 1 is 0.964 bits per heavy atom. The third-order valence-electron chi connectivity index (χ3n) is 4.16. The first-order chi connectivity index (χ1) is 13.2. The van der Waals surface area contributed by atoms with E-state index in [1.54, 1.807) is 0 Å². The number of rotatable bonds is 17. The number of hydrogen-bond donors (Lipinski definition) is 3. The van der Waals surface area contributed by atoms with Gasteiger partial charge in [0.05, 0.1) is 13.0 Å². The summed E-state index contributed by atoms with van der Waals surface area (Å²) in [4.78, 5) is 33.8. The van der Waals surface area contributed by atoms with Gasteiger partial charge in [0, 0.05) is 6.42 Å². The van der Waals surface area contributed by atoms with E-state index in [9.17, 15) is 22.8 Å². The van der Waals surface area contributed by atoms with Gasteiger partial charge >= 0.3 is 11.9 Å². The van der Waals surface area contributed by atoms with E-state index in [1.807, 2.05) is 0 Å². The number of carboxylic acids is 1. The predicted octanol–water partition coefficient (Wildman–Crippen LogP) is 2.30. The van der Waals surface area contributed by atoms with Crippen LogP contribution in [-0.4, -0.2) is 54.3 Å². The molecule has 0 saturated heterocycles. The van der Waals surface area contributed by atoms with Crippen molar-refractivity contribution in [1.29, 1.82) is 0 Å². The monoisotopic (exact) mass is 423 g/mol. The molecule has 0 rings (SSSR count). The Labute approximate surface area is 167 Å². The molecule has 0 aromatic heterocycles. The van der Waals surface area contributed by atoms with Gasteiger partial charge < -0.3 is 15.2 Å². The molecule has 28 heavy (non-hydrogen) atoms. The van der Waals surface area contributed by atoms with Crippen molar-refractivity contribution in [3.8, 4) is 0 Å². The predicted molar refractivity (Wildman–Crippen MR) is 103 cm³/mol. The largest absolute Gasteiger partial charge is 0.481 e. The van der Waals surface area contributed by atoms with Gasteiger partial charge in [0.2, 0.25) is 5.91 Å². The Balaban J connectivity index is 3.80. The Kier molecular flexibility index (Phi) is 14.4. The molecule has 0 heterocycles. The van der Waals surface area contributed by atoms with Crippen molar-refractivity contribution < 1.29 is 37.2 Å². The van der Waals surface area contributed by atoms with Crippen molar-refractivity contribution in [3.05, 3.63) is 0 Å². The van der Waals surface area contributed by atoms with E-state index < -0.39 is 33.7 Å². The summed E-state index contributed by atoms with van der Waals surface area (Å²) in [5, 5.41) is 8.94. The number of unbranched alkanes of at least 4 members (excludes halogenated alkanes) is 8. The van der Waals surface area contributed by atoms with Crippen LogP contribution < -0.4 is 5.32 Å². The summed E-state index contributed by atoms with van der Waals surface area (Å²) in [5.41, 5.74) is 0. The van der Waals surface area contributed by atoms with Crippen molar-refractivity contribution in [3.63, 3.8) is 0 Å². The minimum absolute atomic E-state index is 0.0206. The van der Waals surface area contributed by atoms with Crippen LogP contribution in [0.25, 0.3) is 0 Å². The average molecular weight is 424 g/mol. The fourth-order valence-electron chi connectivity index (χ4n) is 2.59. The van der Waals surface area contributed by atoms with Crippen molar-refractivity contribution in [2.75, 3.05) is 13.2 Å². The second-order valence-corrected chi connectivity index (χ2v) is 8.30. The molecule has 0 saturated carbocycles. The molecular formula is C18H33NO8S. The van der Waals surface area contributed by atoms with Gasteiger partial charge in [-0.15, -0.1) is 0 Å². The highest BCUT2D eigenvalue weighted by molar-refractivity contribution is 7.87. The standard InChI is InChI=1S/C18H33NO8S/c1-2-3-4-5-6-7-8-9-10-11-16(20)19-12-13-27-18(23)15(14-17(21)22)28(24,25)26/h15H,2-14H2,1H3,(H,19,20)(H,21,22)(H,24,25,26)/t15-/m0/s1. The lowest BCUT2D eigenvalue weighted by Gasteiger charge is -2.12.